The maximum Gasteiger partial charge on any atom is 0.331 e. The molecule has 0 radical (unpaired) electrons. The van der Waals surface area contributed by atoms with Crippen molar-refractivity contribution >= 4 is 33.2 Å². The van der Waals surface area contributed by atoms with Gasteiger partial charge in [-0.05, 0) is 63.6 Å². The Morgan fingerprint density at radius 3 is 2.81 bits per heavy atom. The number of aromatic nitrogens is 3. The molecule has 4 heterocycles. The Morgan fingerprint density at radius 1 is 1.22 bits per heavy atom. The van der Waals surface area contributed by atoms with E-state index in [-0.39, 0.29) is 29.4 Å². The lowest BCUT2D eigenvalue weighted by Gasteiger charge is -2.37. The fourth-order valence-electron chi connectivity index (χ4n) is 4.86. The molecule has 1 aromatic carbocycles. The van der Waals surface area contributed by atoms with Crippen molar-refractivity contribution in [3.63, 3.8) is 0 Å². The smallest absolute Gasteiger partial charge is 0.331 e. The number of benzene rings is 1. The van der Waals surface area contributed by atoms with Gasteiger partial charge in [0.1, 0.15) is 11.9 Å². The summed E-state index contributed by atoms with van der Waals surface area (Å²) in [6.45, 7) is 7.51. The standard InChI is InChI=1S/C27H29ClN4O3S/c1-16-11-17(28)12-21(24(16)35-18-5-9-30-27(2,3)14-18)20-6-8-29-22-13-19(36-25(20)22)15-32-23(33)7-10-31(4)26(32)34/h6-8,10-13,18,30H,5,9,14-15H2,1-4H3. The van der Waals surface area contributed by atoms with Gasteiger partial charge in [-0.25, -0.2) is 4.79 Å². The molecule has 1 aliphatic rings. The number of nitrogens with one attached hydrogen (secondary N) is 1. The number of hydrogen-bond donors (Lipinski definition) is 1. The van der Waals surface area contributed by atoms with Crippen LogP contribution in [0.2, 0.25) is 5.02 Å². The minimum Gasteiger partial charge on any atom is -0.489 e. The lowest BCUT2D eigenvalue weighted by Crippen LogP contribution is -2.49. The maximum absolute atomic E-state index is 12.5. The second-order valence-corrected chi connectivity index (χ2v) is 11.6. The summed E-state index contributed by atoms with van der Waals surface area (Å²) in [6, 6.07) is 9.19. The number of halogens is 1. The van der Waals surface area contributed by atoms with Gasteiger partial charge in [0, 0.05) is 58.5 Å². The number of ether oxygens (including phenoxy) is 1. The van der Waals surface area contributed by atoms with E-state index in [0.29, 0.717) is 5.02 Å². The van der Waals surface area contributed by atoms with Crippen LogP contribution in [0.15, 0.2) is 52.3 Å². The Morgan fingerprint density at radius 2 is 2.03 bits per heavy atom. The van der Waals surface area contributed by atoms with E-state index in [2.05, 4.69) is 24.1 Å². The van der Waals surface area contributed by atoms with Crippen molar-refractivity contribution in [3.8, 4) is 16.9 Å². The highest BCUT2D eigenvalue weighted by Gasteiger charge is 2.30. The number of hydrogen-bond acceptors (Lipinski definition) is 6. The third kappa shape index (κ3) is 4.85. The average molecular weight is 525 g/mol. The molecule has 3 aromatic heterocycles. The molecule has 0 saturated carbocycles. The molecule has 0 amide bonds. The maximum atomic E-state index is 12.5. The van der Waals surface area contributed by atoms with Gasteiger partial charge in [-0.3, -0.25) is 14.3 Å². The van der Waals surface area contributed by atoms with Crippen molar-refractivity contribution in [1.29, 1.82) is 0 Å². The summed E-state index contributed by atoms with van der Waals surface area (Å²) < 4.78 is 10.3. The molecule has 9 heteroatoms. The molecule has 1 atom stereocenters. The van der Waals surface area contributed by atoms with Crippen LogP contribution in [0.25, 0.3) is 21.3 Å². The number of thiophene rings is 1. The minimum atomic E-state index is -0.348. The van der Waals surface area contributed by atoms with Gasteiger partial charge in [0.05, 0.1) is 16.8 Å². The molecule has 4 aromatic rings. The van der Waals surface area contributed by atoms with Crippen LogP contribution in [0.5, 0.6) is 5.75 Å². The van der Waals surface area contributed by atoms with E-state index in [9.17, 15) is 9.59 Å². The van der Waals surface area contributed by atoms with Crippen LogP contribution in [0.4, 0.5) is 0 Å². The summed E-state index contributed by atoms with van der Waals surface area (Å²) >= 11 is 8.04. The first-order chi connectivity index (χ1) is 17.1. The lowest BCUT2D eigenvalue weighted by atomic mass is 9.91. The fourth-order valence-corrected chi connectivity index (χ4v) is 6.26. The topological polar surface area (TPSA) is 78.2 Å². The predicted molar refractivity (Wildman–Crippen MR) is 146 cm³/mol. The molecule has 188 valence electrons. The monoisotopic (exact) mass is 524 g/mol. The summed E-state index contributed by atoms with van der Waals surface area (Å²) in [5.74, 6) is 0.831. The predicted octanol–water partition coefficient (Wildman–Crippen LogP) is 4.74. The number of pyridine rings is 1. The van der Waals surface area contributed by atoms with Crippen molar-refractivity contribution in [2.75, 3.05) is 6.54 Å². The summed E-state index contributed by atoms with van der Waals surface area (Å²) in [4.78, 5) is 30.3. The van der Waals surface area contributed by atoms with Gasteiger partial charge < -0.3 is 14.6 Å². The molecule has 1 fully saturated rings. The Balaban J connectivity index is 1.58. The Bertz CT molecular complexity index is 1570. The highest BCUT2D eigenvalue weighted by Crippen LogP contribution is 2.42. The van der Waals surface area contributed by atoms with Crippen molar-refractivity contribution in [2.24, 2.45) is 7.05 Å². The van der Waals surface area contributed by atoms with Gasteiger partial charge in [-0.1, -0.05) is 11.6 Å². The van der Waals surface area contributed by atoms with Gasteiger partial charge >= 0.3 is 5.69 Å². The summed E-state index contributed by atoms with van der Waals surface area (Å²) in [6.07, 6.45) is 5.19. The van der Waals surface area contributed by atoms with Gasteiger partial charge in [0.25, 0.3) is 5.56 Å². The molecule has 1 N–H and O–H groups in total. The van der Waals surface area contributed by atoms with Gasteiger partial charge in [0.2, 0.25) is 0 Å². The normalized spacial score (nSPS) is 17.4. The van der Waals surface area contributed by atoms with E-state index in [1.165, 1.54) is 32.7 Å². The molecule has 1 saturated heterocycles. The SMILES string of the molecule is Cc1cc(Cl)cc(-c2ccnc3cc(Cn4c(=O)ccn(C)c4=O)sc23)c1OC1CCNC(C)(C)C1. The zero-order valence-electron chi connectivity index (χ0n) is 20.8. The molecular formula is C27H29ClN4O3S. The molecule has 1 aliphatic heterocycles. The minimum absolute atomic E-state index is 0.0164. The van der Waals surface area contributed by atoms with Crippen molar-refractivity contribution in [3.05, 3.63) is 79.0 Å². The van der Waals surface area contributed by atoms with E-state index in [1.807, 2.05) is 31.2 Å². The Kier molecular flexibility index (Phi) is 6.53. The third-order valence-corrected chi connectivity index (χ3v) is 8.00. The summed E-state index contributed by atoms with van der Waals surface area (Å²) in [7, 11) is 1.63. The molecular weight excluding hydrogens is 496 g/mol. The van der Waals surface area contributed by atoms with Crippen LogP contribution in [0.3, 0.4) is 0 Å². The number of fused-ring (bicyclic) bond motifs is 1. The quantitative estimate of drug-likeness (QED) is 0.408. The lowest BCUT2D eigenvalue weighted by molar-refractivity contribution is 0.112. The average Bonchev–Trinajstić information content (AvgIpc) is 3.23. The van der Waals surface area contributed by atoms with Crippen molar-refractivity contribution in [2.45, 2.75) is 51.8 Å². The molecule has 1 unspecified atom stereocenters. The fraction of sp³-hybridized carbons (Fsp3) is 0.370. The first kappa shape index (κ1) is 24.7. The van der Waals surface area contributed by atoms with Crippen LogP contribution in [-0.4, -0.2) is 32.3 Å². The zero-order valence-corrected chi connectivity index (χ0v) is 22.4. The third-order valence-electron chi connectivity index (χ3n) is 6.64. The van der Waals surface area contributed by atoms with E-state index in [1.54, 1.807) is 13.2 Å². The van der Waals surface area contributed by atoms with Crippen LogP contribution in [-0.2, 0) is 13.6 Å². The summed E-state index contributed by atoms with van der Waals surface area (Å²) in [5, 5.41) is 4.19. The molecule has 7 nitrogen and oxygen atoms in total. The molecule has 0 spiro atoms. The molecule has 36 heavy (non-hydrogen) atoms. The van der Waals surface area contributed by atoms with E-state index in [4.69, 9.17) is 16.3 Å². The van der Waals surface area contributed by atoms with Crippen LogP contribution < -0.4 is 21.3 Å². The Hall–Kier alpha value is -2.94. The first-order valence-electron chi connectivity index (χ1n) is 12.0. The molecule has 0 bridgehead atoms. The summed E-state index contributed by atoms with van der Waals surface area (Å²) in [5.41, 5.74) is 3.02. The van der Waals surface area contributed by atoms with E-state index in [0.717, 1.165) is 56.9 Å². The second-order valence-electron chi connectivity index (χ2n) is 10.1. The van der Waals surface area contributed by atoms with E-state index < -0.39 is 0 Å². The highest BCUT2D eigenvalue weighted by molar-refractivity contribution is 7.19. The Labute approximate surface area is 218 Å². The van der Waals surface area contributed by atoms with Crippen LogP contribution in [0.1, 0.15) is 37.1 Å². The first-order valence-corrected chi connectivity index (χ1v) is 13.2. The number of piperidine rings is 1. The zero-order chi connectivity index (χ0) is 25.6. The number of rotatable bonds is 5. The van der Waals surface area contributed by atoms with Gasteiger partial charge in [-0.2, -0.15) is 0 Å². The molecule has 0 aliphatic carbocycles. The van der Waals surface area contributed by atoms with Crippen LogP contribution in [0, 0.1) is 6.92 Å². The van der Waals surface area contributed by atoms with E-state index >= 15 is 0 Å². The number of nitrogens with zero attached hydrogens (tertiary/aromatic N) is 3. The highest BCUT2D eigenvalue weighted by atomic mass is 35.5. The second kappa shape index (κ2) is 9.50. The number of aryl methyl sites for hydroxylation is 2. The largest absolute Gasteiger partial charge is 0.489 e. The van der Waals surface area contributed by atoms with Crippen molar-refractivity contribution < 1.29 is 4.74 Å². The van der Waals surface area contributed by atoms with Gasteiger partial charge in [-0.15, -0.1) is 11.3 Å². The van der Waals surface area contributed by atoms with Gasteiger partial charge in [0.15, 0.2) is 0 Å². The molecule has 5 rings (SSSR count). The van der Waals surface area contributed by atoms with Crippen LogP contribution >= 0.6 is 22.9 Å². The van der Waals surface area contributed by atoms with Crippen molar-refractivity contribution in [1.82, 2.24) is 19.4 Å².